The minimum atomic E-state index is -0.786. The van der Waals surface area contributed by atoms with Crippen molar-refractivity contribution in [2.75, 3.05) is 19.0 Å². The molecule has 0 radical (unpaired) electrons. The highest BCUT2D eigenvalue weighted by Crippen LogP contribution is 2.22. The first-order valence-corrected chi connectivity index (χ1v) is 7.39. The fourth-order valence-electron chi connectivity index (χ4n) is 1.88. The number of carbonyl (C=O) groups excluding carboxylic acids is 3. The van der Waals surface area contributed by atoms with Gasteiger partial charge in [0.1, 0.15) is 5.82 Å². The fraction of sp³-hybridized carbons (Fsp3) is 0.118. The molecule has 0 atom stereocenters. The average molecular weight is 366 g/mol. The number of carbonyl (C=O) groups is 3. The van der Waals surface area contributed by atoms with Gasteiger partial charge in [0.05, 0.1) is 28.9 Å². The summed E-state index contributed by atoms with van der Waals surface area (Å²) in [4.78, 5) is 35.2. The van der Waals surface area contributed by atoms with Gasteiger partial charge in [-0.15, -0.1) is 0 Å². The van der Waals surface area contributed by atoms with Crippen LogP contribution in [0.2, 0.25) is 5.02 Å². The molecule has 8 heteroatoms. The van der Waals surface area contributed by atoms with E-state index in [-0.39, 0.29) is 21.8 Å². The lowest BCUT2D eigenvalue weighted by molar-refractivity contribution is -0.119. The van der Waals surface area contributed by atoms with Crippen molar-refractivity contribution in [2.45, 2.75) is 0 Å². The molecule has 0 aliphatic carbocycles. The van der Waals surface area contributed by atoms with E-state index in [2.05, 4.69) is 10.1 Å². The average Bonchev–Trinajstić information content (AvgIpc) is 2.61. The van der Waals surface area contributed by atoms with E-state index in [1.165, 1.54) is 37.4 Å². The third kappa shape index (κ3) is 5.02. The number of esters is 2. The summed E-state index contributed by atoms with van der Waals surface area (Å²) in [6.45, 7) is -0.574. The van der Waals surface area contributed by atoms with Crippen LogP contribution in [0.4, 0.5) is 10.1 Å². The van der Waals surface area contributed by atoms with Gasteiger partial charge in [0.25, 0.3) is 5.91 Å². The maximum Gasteiger partial charge on any atom is 0.338 e. The molecule has 130 valence electrons. The summed E-state index contributed by atoms with van der Waals surface area (Å²) >= 11 is 5.79. The molecule has 1 amide bonds. The highest BCUT2D eigenvalue weighted by molar-refractivity contribution is 6.33. The number of methoxy groups -OCH3 is 1. The molecule has 2 rings (SSSR count). The second-order valence-corrected chi connectivity index (χ2v) is 5.23. The molecule has 0 aromatic heterocycles. The van der Waals surface area contributed by atoms with Crippen LogP contribution in [0.5, 0.6) is 0 Å². The Labute approximate surface area is 147 Å². The summed E-state index contributed by atoms with van der Waals surface area (Å²) in [6, 6.07) is 9.16. The molecular weight excluding hydrogens is 353 g/mol. The van der Waals surface area contributed by atoms with Gasteiger partial charge in [-0.25, -0.2) is 14.0 Å². The number of halogens is 2. The van der Waals surface area contributed by atoms with Crippen molar-refractivity contribution < 1.29 is 28.2 Å². The van der Waals surface area contributed by atoms with E-state index in [4.69, 9.17) is 16.3 Å². The molecule has 0 spiro atoms. The summed E-state index contributed by atoms with van der Waals surface area (Å²) in [5.41, 5.74) is 0.465. The van der Waals surface area contributed by atoms with E-state index in [0.717, 1.165) is 12.1 Å². The van der Waals surface area contributed by atoms with Crippen LogP contribution in [0, 0.1) is 5.82 Å². The van der Waals surface area contributed by atoms with Crippen LogP contribution in [0.3, 0.4) is 0 Å². The number of ether oxygens (including phenoxy) is 2. The molecule has 1 N–H and O–H groups in total. The Hall–Kier alpha value is -2.93. The normalized spacial score (nSPS) is 10.0. The topological polar surface area (TPSA) is 81.7 Å². The van der Waals surface area contributed by atoms with Crippen molar-refractivity contribution in [3.05, 3.63) is 64.4 Å². The fourth-order valence-corrected chi connectivity index (χ4v) is 2.10. The lowest BCUT2D eigenvalue weighted by atomic mass is 10.1. The molecule has 2 aromatic rings. The molecule has 0 bridgehead atoms. The zero-order valence-corrected chi connectivity index (χ0v) is 13.8. The molecule has 0 saturated heterocycles. The maximum absolute atomic E-state index is 12.9. The molecule has 0 unspecified atom stereocenters. The first-order chi connectivity index (χ1) is 11.9. The van der Waals surface area contributed by atoms with E-state index in [1.807, 2.05) is 0 Å². The monoisotopic (exact) mass is 365 g/mol. The number of benzene rings is 2. The molecule has 2 aromatic carbocycles. The number of amides is 1. The molecule has 0 saturated carbocycles. The SMILES string of the molecule is COC(=O)c1cccc(C(=O)OCC(=O)Nc2ccc(F)cc2Cl)c1. The van der Waals surface area contributed by atoms with E-state index in [9.17, 15) is 18.8 Å². The summed E-state index contributed by atoms with van der Waals surface area (Å²) in [6.07, 6.45) is 0. The van der Waals surface area contributed by atoms with Crippen LogP contribution >= 0.6 is 11.6 Å². The van der Waals surface area contributed by atoms with E-state index < -0.39 is 30.3 Å². The van der Waals surface area contributed by atoms with Crippen LogP contribution in [0.1, 0.15) is 20.7 Å². The number of anilines is 1. The minimum Gasteiger partial charge on any atom is -0.465 e. The quantitative estimate of drug-likeness (QED) is 0.823. The highest BCUT2D eigenvalue weighted by Gasteiger charge is 2.14. The van der Waals surface area contributed by atoms with Gasteiger partial charge in [-0.3, -0.25) is 4.79 Å². The van der Waals surface area contributed by atoms with Crippen LogP contribution in [0.25, 0.3) is 0 Å². The molecule has 0 aliphatic heterocycles. The van der Waals surface area contributed by atoms with Crippen molar-refractivity contribution in [3.8, 4) is 0 Å². The molecule has 0 heterocycles. The molecule has 25 heavy (non-hydrogen) atoms. The van der Waals surface area contributed by atoms with Crippen molar-refractivity contribution >= 4 is 35.1 Å². The van der Waals surface area contributed by atoms with E-state index in [0.29, 0.717) is 0 Å². The summed E-state index contributed by atoms with van der Waals surface area (Å²) in [5.74, 6) is -2.57. The van der Waals surface area contributed by atoms with Crippen molar-refractivity contribution in [3.63, 3.8) is 0 Å². The Morgan fingerprint density at radius 3 is 2.40 bits per heavy atom. The Morgan fingerprint density at radius 2 is 1.76 bits per heavy atom. The van der Waals surface area contributed by atoms with Gasteiger partial charge in [0, 0.05) is 0 Å². The Kier molecular flexibility index (Phi) is 6.08. The van der Waals surface area contributed by atoms with E-state index in [1.54, 1.807) is 0 Å². The Balaban J connectivity index is 1.95. The second kappa shape index (κ2) is 8.25. The van der Waals surface area contributed by atoms with Crippen molar-refractivity contribution in [1.82, 2.24) is 0 Å². The largest absolute Gasteiger partial charge is 0.465 e. The van der Waals surface area contributed by atoms with E-state index >= 15 is 0 Å². The second-order valence-electron chi connectivity index (χ2n) is 4.82. The predicted octanol–water partition coefficient (Wildman–Crippen LogP) is 3.06. The smallest absolute Gasteiger partial charge is 0.338 e. The predicted molar refractivity (Wildman–Crippen MR) is 88.1 cm³/mol. The first-order valence-electron chi connectivity index (χ1n) is 7.01. The Morgan fingerprint density at radius 1 is 1.08 bits per heavy atom. The molecule has 6 nitrogen and oxygen atoms in total. The summed E-state index contributed by atoms with van der Waals surface area (Å²) < 4.78 is 22.4. The van der Waals surface area contributed by atoms with Crippen molar-refractivity contribution in [1.29, 1.82) is 0 Å². The van der Waals surface area contributed by atoms with Crippen LogP contribution in [0.15, 0.2) is 42.5 Å². The van der Waals surface area contributed by atoms with Crippen molar-refractivity contribution in [2.24, 2.45) is 0 Å². The van der Waals surface area contributed by atoms with Crippen LogP contribution in [-0.2, 0) is 14.3 Å². The van der Waals surface area contributed by atoms with Gasteiger partial charge in [-0.2, -0.15) is 0 Å². The van der Waals surface area contributed by atoms with Gasteiger partial charge in [-0.05, 0) is 36.4 Å². The highest BCUT2D eigenvalue weighted by atomic mass is 35.5. The van der Waals surface area contributed by atoms with Gasteiger partial charge in [0.15, 0.2) is 6.61 Å². The zero-order chi connectivity index (χ0) is 18.4. The molecular formula is C17H13ClFNO5. The van der Waals surface area contributed by atoms with Gasteiger partial charge < -0.3 is 14.8 Å². The maximum atomic E-state index is 12.9. The lowest BCUT2D eigenvalue weighted by Gasteiger charge is -2.08. The van der Waals surface area contributed by atoms with Gasteiger partial charge in [-0.1, -0.05) is 17.7 Å². The third-order valence-electron chi connectivity index (χ3n) is 3.06. The number of nitrogens with one attached hydrogen (secondary N) is 1. The first kappa shape index (κ1) is 18.4. The van der Waals surface area contributed by atoms with Crippen LogP contribution in [-0.4, -0.2) is 31.6 Å². The minimum absolute atomic E-state index is 0.0189. The third-order valence-corrected chi connectivity index (χ3v) is 3.37. The number of hydrogen-bond donors (Lipinski definition) is 1. The van der Waals surface area contributed by atoms with Gasteiger partial charge >= 0.3 is 11.9 Å². The Bertz CT molecular complexity index is 824. The summed E-state index contributed by atoms with van der Waals surface area (Å²) in [7, 11) is 1.22. The van der Waals surface area contributed by atoms with Gasteiger partial charge in [0.2, 0.25) is 0 Å². The molecule has 0 fully saturated rings. The number of hydrogen-bond acceptors (Lipinski definition) is 5. The van der Waals surface area contributed by atoms with Crippen LogP contribution < -0.4 is 5.32 Å². The molecule has 0 aliphatic rings. The zero-order valence-electron chi connectivity index (χ0n) is 13.0. The lowest BCUT2D eigenvalue weighted by Crippen LogP contribution is -2.21. The standard InChI is InChI=1S/C17H13ClFNO5/c1-24-16(22)10-3-2-4-11(7-10)17(23)25-9-15(21)20-14-6-5-12(19)8-13(14)18/h2-8H,9H2,1H3,(H,20,21). The summed E-state index contributed by atoms with van der Waals surface area (Å²) in [5, 5.41) is 2.41. The number of rotatable bonds is 5.